The zero-order valence-electron chi connectivity index (χ0n) is 37.8. The quantitative estimate of drug-likeness (QED) is 0.141. The van der Waals surface area contributed by atoms with Gasteiger partial charge in [0.2, 0.25) is 0 Å². The third kappa shape index (κ3) is 7.16. The Hall–Kier alpha value is -9.18. The van der Waals surface area contributed by atoms with Crippen LogP contribution in [0.15, 0.2) is 273 Å². The maximum atomic E-state index is 2.40. The second-order valence-corrected chi connectivity index (χ2v) is 17.8. The number of anilines is 3. The number of para-hydroxylation sites is 4. The highest BCUT2D eigenvalue weighted by molar-refractivity contribution is 6.11. The van der Waals surface area contributed by atoms with E-state index >= 15 is 0 Å². The molecule has 2 aromatic heterocycles. The van der Waals surface area contributed by atoms with Crippen LogP contribution in [-0.2, 0) is 0 Å². The summed E-state index contributed by atoms with van der Waals surface area (Å²) in [6, 6.07) is 99.1. The highest BCUT2D eigenvalue weighted by atomic mass is 15.1. The summed E-state index contributed by atoms with van der Waals surface area (Å²) in [7, 11) is 0. The van der Waals surface area contributed by atoms with Crippen LogP contribution in [0.3, 0.4) is 0 Å². The molecule has 0 spiro atoms. The summed E-state index contributed by atoms with van der Waals surface area (Å²) in [5.41, 5.74) is 19.7. The van der Waals surface area contributed by atoms with Crippen molar-refractivity contribution >= 4 is 60.7 Å². The Bertz CT molecular complexity index is 3910. The molecule has 0 saturated carbocycles. The van der Waals surface area contributed by atoms with Gasteiger partial charge in [0.05, 0.1) is 22.1 Å². The summed E-state index contributed by atoms with van der Waals surface area (Å²) < 4.78 is 4.78. The van der Waals surface area contributed by atoms with Gasteiger partial charge in [-0.3, -0.25) is 0 Å². The zero-order valence-corrected chi connectivity index (χ0v) is 37.8. The highest BCUT2D eigenvalue weighted by Crippen LogP contribution is 2.42. The van der Waals surface area contributed by atoms with E-state index in [4.69, 9.17) is 0 Å². The maximum Gasteiger partial charge on any atom is 0.0561 e. The van der Waals surface area contributed by atoms with Gasteiger partial charge in [-0.05, 0) is 142 Å². The van der Waals surface area contributed by atoms with Gasteiger partial charge in [0.25, 0.3) is 0 Å². The zero-order chi connectivity index (χ0) is 45.7. The van der Waals surface area contributed by atoms with Gasteiger partial charge in [-0.2, -0.15) is 0 Å². The lowest BCUT2D eigenvalue weighted by Crippen LogP contribution is -2.10. The first-order valence-electron chi connectivity index (χ1n) is 23.7. The van der Waals surface area contributed by atoms with Crippen molar-refractivity contribution in [2.24, 2.45) is 0 Å². The number of hydrogen-bond acceptors (Lipinski definition) is 1. The summed E-state index contributed by atoms with van der Waals surface area (Å²) in [5.74, 6) is 0. The minimum absolute atomic E-state index is 1.07. The van der Waals surface area contributed by atoms with E-state index in [1.165, 1.54) is 71.5 Å². The van der Waals surface area contributed by atoms with Crippen molar-refractivity contribution in [3.8, 4) is 55.9 Å². The molecule has 0 N–H and O–H groups in total. The molecule has 0 aliphatic rings. The lowest BCUT2D eigenvalue weighted by Gasteiger charge is -2.26. The van der Waals surface area contributed by atoms with Crippen LogP contribution >= 0.6 is 0 Å². The number of fused-ring (bicyclic) bond motifs is 6. The Kier molecular flexibility index (Phi) is 9.84. The van der Waals surface area contributed by atoms with Gasteiger partial charge in [-0.1, -0.05) is 176 Å². The minimum atomic E-state index is 1.07. The monoisotopic (exact) mass is 879 g/mol. The molecule has 0 atom stereocenters. The molecule has 0 unspecified atom stereocenters. The Morgan fingerprint density at radius 2 is 0.536 bits per heavy atom. The molecular formula is C66H45N3. The SMILES string of the molecule is c1ccc(-c2cc(-c3ccccc3)cc(-c3ccc(N(c4ccc(-c5ccc6c7ccccc7n(-c7ccccc7)c6c5)cc4)c4ccc5c6ccccc6n(-c6ccccc6)c5c4)cc3)c2)cc1. The van der Waals surface area contributed by atoms with Gasteiger partial charge < -0.3 is 14.0 Å². The number of nitrogens with zero attached hydrogens (tertiary/aromatic N) is 3. The smallest absolute Gasteiger partial charge is 0.0561 e. The molecule has 0 aliphatic heterocycles. The van der Waals surface area contributed by atoms with E-state index in [9.17, 15) is 0 Å². The minimum Gasteiger partial charge on any atom is -0.310 e. The van der Waals surface area contributed by atoms with E-state index in [1.54, 1.807) is 0 Å². The third-order valence-corrected chi connectivity index (χ3v) is 13.7. The normalized spacial score (nSPS) is 11.5. The molecule has 13 rings (SSSR count). The molecule has 0 saturated heterocycles. The third-order valence-electron chi connectivity index (χ3n) is 13.7. The molecule has 0 bridgehead atoms. The van der Waals surface area contributed by atoms with E-state index in [0.717, 1.165) is 45.1 Å². The summed E-state index contributed by atoms with van der Waals surface area (Å²) in [4.78, 5) is 2.40. The fourth-order valence-corrected chi connectivity index (χ4v) is 10.4. The summed E-state index contributed by atoms with van der Waals surface area (Å²) in [6.45, 7) is 0. The first-order valence-corrected chi connectivity index (χ1v) is 23.7. The largest absolute Gasteiger partial charge is 0.310 e. The van der Waals surface area contributed by atoms with Crippen LogP contribution in [0, 0.1) is 0 Å². The van der Waals surface area contributed by atoms with Crippen molar-refractivity contribution in [1.82, 2.24) is 9.13 Å². The van der Waals surface area contributed by atoms with Crippen molar-refractivity contribution in [3.63, 3.8) is 0 Å². The summed E-state index contributed by atoms with van der Waals surface area (Å²) in [5, 5.41) is 4.96. The topological polar surface area (TPSA) is 13.1 Å². The van der Waals surface area contributed by atoms with Crippen LogP contribution in [0.2, 0.25) is 0 Å². The Labute approximate surface area is 401 Å². The van der Waals surface area contributed by atoms with Crippen molar-refractivity contribution < 1.29 is 0 Å². The van der Waals surface area contributed by atoms with E-state index in [2.05, 4.69) is 287 Å². The molecule has 0 aliphatic carbocycles. The predicted octanol–water partition coefficient (Wildman–Crippen LogP) is 18.0. The molecule has 3 heteroatoms. The van der Waals surface area contributed by atoms with Gasteiger partial charge in [-0.15, -0.1) is 0 Å². The Balaban J connectivity index is 0.947. The average Bonchev–Trinajstić information content (AvgIpc) is 3.94. The fourth-order valence-electron chi connectivity index (χ4n) is 10.4. The van der Waals surface area contributed by atoms with Crippen LogP contribution < -0.4 is 4.90 Å². The van der Waals surface area contributed by atoms with Gasteiger partial charge in [-0.25, -0.2) is 0 Å². The second-order valence-electron chi connectivity index (χ2n) is 17.8. The maximum absolute atomic E-state index is 2.40. The van der Waals surface area contributed by atoms with E-state index in [0.29, 0.717) is 0 Å². The molecule has 13 aromatic rings. The summed E-state index contributed by atoms with van der Waals surface area (Å²) in [6.07, 6.45) is 0. The van der Waals surface area contributed by atoms with Crippen LogP contribution in [0.25, 0.3) is 99.5 Å². The van der Waals surface area contributed by atoms with Gasteiger partial charge >= 0.3 is 0 Å². The van der Waals surface area contributed by atoms with Gasteiger partial charge in [0, 0.05) is 50.0 Å². The van der Waals surface area contributed by atoms with Crippen LogP contribution in [0.4, 0.5) is 17.1 Å². The fraction of sp³-hybridized carbons (Fsp3) is 0. The molecule has 0 amide bonds. The Morgan fingerprint density at radius 3 is 1.01 bits per heavy atom. The highest BCUT2D eigenvalue weighted by Gasteiger charge is 2.19. The molecule has 69 heavy (non-hydrogen) atoms. The predicted molar refractivity (Wildman–Crippen MR) is 292 cm³/mol. The molecule has 324 valence electrons. The first kappa shape index (κ1) is 40.1. The number of benzene rings is 11. The van der Waals surface area contributed by atoms with Crippen LogP contribution in [0.5, 0.6) is 0 Å². The van der Waals surface area contributed by atoms with Crippen LogP contribution in [-0.4, -0.2) is 9.13 Å². The average molecular weight is 880 g/mol. The van der Waals surface area contributed by atoms with Crippen molar-refractivity contribution in [2.75, 3.05) is 4.90 Å². The Morgan fingerprint density at radius 1 is 0.203 bits per heavy atom. The molecule has 11 aromatic carbocycles. The van der Waals surface area contributed by atoms with E-state index in [1.807, 2.05) is 0 Å². The van der Waals surface area contributed by atoms with E-state index in [-0.39, 0.29) is 0 Å². The van der Waals surface area contributed by atoms with Crippen molar-refractivity contribution in [2.45, 2.75) is 0 Å². The second kappa shape index (κ2) is 16.9. The van der Waals surface area contributed by atoms with Crippen molar-refractivity contribution in [3.05, 3.63) is 273 Å². The summed E-state index contributed by atoms with van der Waals surface area (Å²) >= 11 is 0. The molecular weight excluding hydrogens is 835 g/mol. The standard InChI is InChI=1S/C66H45N3/c1-5-17-46(18-6-1)51-41-52(47-19-7-2-8-20-47)43-53(42-51)49-31-36-57(37-32-49)67(58-38-40-62-60-26-14-16-28-64(60)69(66(62)45-58)55-23-11-4-12-24-55)56-34-29-48(30-35-56)50-33-39-61-59-25-13-15-27-63(59)68(65(61)44-50)54-21-9-3-10-22-54/h1-45H. The molecule has 0 fully saturated rings. The lowest BCUT2D eigenvalue weighted by atomic mass is 9.93. The molecule has 2 heterocycles. The van der Waals surface area contributed by atoms with E-state index < -0.39 is 0 Å². The van der Waals surface area contributed by atoms with Crippen LogP contribution in [0.1, 0.15) is 0 Å². The lowest BCUT2D eigenvalue weighted by molar-refractivity contribution is 1.18. The van der Waals surface area contributed by atoms with Gasteiger partial charge in [0.15, 0.2) is 0 Å². The number of aromatic nitrogens is 2. The van der Waals surface area contributed by atoms with Gasteiger partial charge in [0.1, 0.15) is 0 Å². The molecule has 3 nitrogen and oxygen atoms in total. The van der Waals surface area contributed by atoms with Crippen molar-refractivity contribution in [1.29, 1.82) is 0 Å². The first-order chi connectivity index (χ1) is 34.2. The number of hydrogen-bond donors (Lipinski definition) is 0. The molecule has 0 radical (unpaired) electrons. The number of rotatable bonds is 9.